The maximum Gasteiger partial charge on any atom is 0.273 e. The van der Waals surface area contributed by atoms with Gasteiger partial charge in [0, 0.05) is 11.6 Å². The molecule has 0 atom stereocenters. The van der Waals surface area contributed by atoms with Crippen LogP contribution in [0.3, 0.4) is 0 Å². The number of hydrogen-bond donors (Lipinski definition) is 1. The normalized spacial score (nSPS) is 15.0. The summed E-state index contributed by atoms with van der Waals surface area (Å²) in [6.07, 6.45) is 3.79. The van der Waals surface area contributed by atoms with Gasteiger partial charge in [0.25, 0.3) is 5.91 Å². The number of hydrazone groups is 1. The van der Waals surface area contributed by atoms with Gasteiger partial charge in [-0.1, -0.05) is 42.8 Å². The number of ether oxygens (including phenoxy) is 4. The average molecular weight is 566 g/mol. The van der Waals surface area contributed by atoms with E-state index in [1.807, 2.05) is 54.7 Å². The number of carbonyl (C=O) groups is 1. The smallest absolute Gasteiger partial charge is 0.273 e. The van der Waals surface area contributed by atoms with Crippen molar-refractivity contribution in [3.05, 3.63) is 82.4 Å². The molecule has 8 nitrogen and oxygen atoms in total. The van der Waals surface area contributed by atoms with Crippen LogP contribution in [0.2, 0.25) is 5.02 Å². The van der Waals surface area contributed by atoms with E-state index in [2.05, 4.69) is 29.4 Å². The molecule has 1 aliphatic heterocycles. The Morgan fingerprint density at radius 2 is 1.48 bits per heavy atom. The van der Waals surface area contributed by atoms with Gasteiger partial charge in [0.2, 0.25) is 0 Å². The molecular formula is C31H36ClN3O5. The molecule has 40 heavy (non-hydrogen) atoms. The number of rotatable bonds is 11. The average Bonchev–Trinajstić information content (AvgIpc) is 2.97. The molecule has 1 fully saturated rings. The highest BCUT2D eigenvalue weighted by atomic mass is 35.5. The van der Waals surface area contributed by atoms with Crippen LogP contribution in [0, 0.1) is 5.41 Å². The van der Waals surface area contributed by atoms with E-state index in [0.29, 0.717) is 5.75 Å². The van der Waals surface area contributed by atoms with Crippen LogP contribution in [0.4, 0.5) is 0 Å². The van der Waals surface area contributed by atoms with E-state index in [0.717, 1.165) is 48.6 Å². The predicted molar refractivity (Wildman–Crippen MR) is 157 cm³/mol. The van der Waals surface area contributed by atoms with Gasteiger partial charge in [-0.15, -0.1) is 0 Å². The summed E-state index contributed by atoms with van der Waals surface area (Å²) in [5, 5.41) is 4.42. The lowest BCUT2D eigenvalue weighted by atomic mass is 9.82. The second kappa shape index (κ2) is 13.5. The zero-order valence-corrected chi connectivity index (χ0v) is 24.2. The van der Waals surface area contributed by atoms with Crippen LogP contribution in [0.5, 0.6) is 23.0 Å². The van der Waals surface area contributed by atoms with Crippen LogP contribution < -0.4 is 24.4 Å². The topological polar surface area (TPSA) is 81.6 Å². The molecule has 0 aromatic heterocycles. The summed E-state index contributed by atoms with van der Waals surface area (Å²) < 4.78 is 22.7. The Morgan fingerprint density at radius 3 is 2.02 bits per heavy atom. The molecule has 0 saturated carbocycles. The maximum absolute atomic E-state index is 13.1. The number of halogens is 1. The molecule has 9 heteroatoms. The van der Waals surface area contributed by atoms with Crippen molar-refractivity contribution in [1.29, 1.82) is 0 Å². The summed E-state index contributed by atoms with van der Waals surface area (Å²) in [5.41, 5.74) is 4.67. The number of likely N-dealkylation sites (tertiary alicyclic amines) is 1. The van der Waals surface area contributed by atoms with Gasteiger partial charge in [-0.3, -0.25) is 4.79 Å². The molecule has 212 valence electrons. The Bertz CT molecular complexity index is 1300. The summed E-state index contributed by atoms with van der Waals surface area (Å²) in [6, 6.07) is 18.4. The van der Waals surface area contributed by atoms with Gasteiger partial charge in [0.15, 0.2) is 11.5 Å². The predicted octanol–water partition coefficient (Wildman–Crippen LogP) is 5.96. The molecule has 0 spiro atoms. The third kappa shape index (κ3) is 7.67. The number of nitrogens with zero attached hydrogens (tertiary/aromatic N) is 2. The Hall–Kier alpha value is -3.75. The molecule has 1 N–H and O–H groups in total. The van der Waals surface area contributed by atoms with Crippen molar-refractivity contribution in [3.63, 3.8) is 0 Å². The highest BCUT2D eigenvalue weighted by Gasteiger charge is 2.27. The molecular weight excluding hydrogens is 530 g/mol. The third-order valence-electron chi connectivity index (χ3n) is 7.07. The summed E-state index contributed by atoms with van der Waals surface area (Å²) in [5.74, 6) is 1.80. The van der Waals surface area contributed by atoms with Crippen LogP contribution in [-0.4, -0.2) is 51.4 Å². The van der Waals surface area contributed by atoms with Gasteiger partial charge in [-0.25, -0.2) is 5.43 Å². The fourth-order valence-electron chi connectivity index (χ4n) is 4.29. The number of nitrogens with one attached hydrogen (secondary N) is 1. The highest BCUT2D eigenvalue weighted by Crippen LogP contribution is 2.39. The molecule has 0 unspecified atom stereocenters. The number of benzene rings is 3. The molecule has 1 aliphatic rings. The Balaban J connectivity index is 1.51. The largest absolute Gasteiger partial charge is 0.497 e. The lowest BCUT2D eigenvalue weighted by molar-refractivity contribution is 0.0954. The minimum atomic E-state index is -0.422. The van der Waals surface area contributed by atoms with E-state index >= 15 is 0 Å². The summed E-state index contributed by atoms with van der Waals surface area (Å²) in [4.78, 5) is 15.4. The summed E-state index contributed by atoms with van der Waals surface area (Å²) in [6.45, 7) is 4.65. The SMILES string of the molecule is COc1ccc(COc2ccc(C(=O)N/N=C/C3(C)CCN(C)CC3)c(Cl)c2OCc2ccc(OC)cc2)cc1. The molecule has 1 heterocycles. The molecule has 0 bridgehead atoms. The first-order valence-corrected chi connectivity index (χ1v) is 13.5. The lowest BCUT2D eigenvalue weighted by Gasteiger charge is -2.34. The molecule has 1 amide bonds. The Morgan fingerprint density at radius 1 is 0.925 bits per heavy atom. The quantitative estimate of drug-likeness (QED) is 0.228. The van der Waals surface area contributed by atoms with Gasteiger partial charge in [-0.2, -0.15) is 5.10 Å². The van der Waals surface area contributed by atoms with Crippen molar-refractivity contribution < 1.29 is 23.7 Å². The third-order valence-corrected chi connectivity index (χ3v) is 7.45. The van der Waals surface area contributed by atoms with Crippen LogP contribution >= 0.6 is 11.6 Å². The van der Waals surface area contributed by atoms with E-state index in [4.69, 9.17) is 30.5 Å². The van der Waals surface area contributed by atoms with Gasteiger partial charge in [0.1, 0.15) is 24.7 Å². The first-order valence-electron chi connectivity index (χ1n) is 13.2. The molecule has 3 aromatic rings. The van der Waals surface area contributed by atoms with Crippen molar-refractivity contribution >= 4 is 23.7 Å². The van der Waals surface area contributed by atoms with Crippen LogP contribution in [0.1, 0.15) is 41.3 Å². The molecule has 0 radical (unpaired) electrons. The van der Waals surface area contributed by atoms with Crippen LogP contribution in [-0.2, 0) is 13.2 Å². The van der Waals surface area contributed by atoms with Gasteiger partial charge >= 0.3 is 0 Å². The fraction of sp³-hybridized carbons (Fsp3) is 0.355. The number of piperidine rings is 1. The number of carbonyl (C=O) groups excluding carboxylic acids is 1. The Kier molecular flexibility index (Phi) is 9.90. The number of amides is 1. The van der Waals surface area contributed by atoms with Crippen molar-refractivity contribution in [2.24, 2.45) is 10.5 Å². The first kappa shape index (κ1) is 29.2. The van der Waals surface area contributed by atoms with Gasteiger partial charge in [-0.05, 0) is 80.5 Å². The number of methoxy groups -OCH3 is 2. The molecule has 3 aromatic carbocycles. The van der Waals surface area contributed by atoms with Gasteiger partial charge < -0.3 is 23.8 Å². The van der Waals surface area contributed by atoms with Crippen molar-refractivity contribution in [2.45, 2.75) is 33.0 Å². The van der Waals surface area contributed by atoms with E-state index in [9.17, 15) is 4.79 Å². The van der Waals surface area contributed by atoms with E-state index < -0.39 is 5.91 Å². The fourth-order valence-corrected chi connectivity index (χ4v) is 4.58. The van der Waals surface area contributed by atoms with Crippen molar-refractivity contribution in [1.82, 2.24) is 10.3 Å². The van der Waals surface area contributed by atoms with Crippen molar-refractivity contribution in [3.8, 4) is 23.0 Å². The highest BCUT2D eigenvalue weighted by molar-refractivity contribution is 6.35. The minimum Gasteiger partial charge on any atom is -0.497 e. The second-order valence-corrected chi connectivity index (χ2v) is 10.6. The van der Waals surface area contributed by atoms with E-state index in [1.165, 1.54) is 0 Å². The minimum absolute atomic E-state index is 0.0601. The van der Waals surface area contributed by atoms with Gasteiger partial charge in [0.05, 0.1) is 24.8 Å². The van der Waals surface area contributed by atoms with E-state index in [-0.39, 0.29) is 35.0 Å². The maximum atomic E-state index is 13.1. The molecule has 4 rings (SSSR count). The zero-order valence-electron chi connectivity index (χ0n) is 23.4. The summed E-state index contributed by atoms with van der Waals surface area (Å²) in [7, 11) is 5.35. The second-order valence-electron chi connectivity index (χ2n) is 10.2. The standard InChI is InChI=1S/C31H36ClN3O5/c1-31(15-17-35(2)18-16-31)21-33-34-30(36)26-13-14-27(39-19-22-5-9-24(37-3)10-6-22)29(28(26)32)40-20-23-7-11-25(38-4)12-8-23/h5-14,21H,15-20H2,1-4H3,(H,34,36)/b33-21+. The van der Waals surface area contributed by atoms with E-state index in [1.54, 1.807) is 26.4 Å². The van der Waals surface area contributed by atoms with Crippen LogP contribution in [0.25, 0.3) is 0 Å². The van der Waals surface area contributed by atoms with Crippen LogP contribution in [0.15, 0.2) is 65.8 Å². The Labute approximate surface area is 240 Å². The molecule has 0 aliphatic carbocycles. The number of hydrogen-bond acceptors (Lipinski definition) is 7. The molecule has 1 saturated heterocycles. The van der Waals surface area contributed by atoms with Crippen molar-refractivity contribution in [2.75, 3.05) is 34.4 Å². The lowest BCUT2D eigenvalue weighted by Crippen LogP contribution is -2.37. The zero-order chi connectivity index (χ0) is 28.5. The monoisotopic (exact) mass is 565 g/mol. The first-order chi connectivity index (χ1) is 19.3. The summed E-state index contributed by atoms with van der Waals surface area (Å²) >= 11 is 6.76.